The molecule has 7 nitrogen and oxygen atoms in total. The summed E-state index contributed by atoms with van der Waals surface area (Å²) in [6.45, 7) is 1.06. The highest BCUT2D eigenvalue weighted by atomic mass is 32.2. The Morgan fingerprint density at radius 1 is 0.938 bits per heavy atom. The molecule has 166 valence electrons. The van der Waals surface area contributed by atoms with E-state index in [1.54, 1.807) is 23.1 Å². The van der Waals surface area contributed by atoms with Crippen LogP contribution in [0.4, 0.5) is 0 Å². The first-order chi connectivity index (χ1) is 15.4. The summed E-state index contributed by atoms with van der Waals surface area (Å²) in [6.07, 6.45) is 0.168. The van der Waals surface area contributed by atoms with Gasteiger partial charge in [-0.15, -0.1) is 0 Å². The fourth-order valence-electron chi connectivity index (χ4n) is 3.84. The molecule has 1 atom stereocenters. The molecule has 8 heteroatoms. The van der Waals surface area contributed by atoms with Gasteiger partial charge in [-0.2, -0.15) is 0 Å². The van der Waals surface area contributed by atoms with Gasteiger partial charge >= 0.3 is 0 Å². The average Bonchev–Trinajstić information content (AvgIpc) is 3.17. The van der Waals surface area contributed by atoms with Crippen LogP contribution in [0.25, 0.3) is 10.8 Å². The summed E-state index contributed by atoms with van der Waals surface area (Å²) < 4.78 is 27.6. The van der Waals surface area contributed by atoms with E-state index in [0.717, 1.165) is 16.3 Å². The van der Waals surface area contributed by atoms with Gasteiger partial charge in [-0.3, -0.25) is 9.59 Å². The number of fused-ring (bicyclic) bond motifs is 1. The molecule has 0 aliphatic carbocycles. The van der Waals surface area contributed by atoms with Gasteiger partial charge in [0.1, 0.15) is 0 Å². The van der Waals surface area contributed by atoms with Gasteiger partial charge in [0.05, 0.1) is 10.8 Å². The SMILES string of the molecule is O=C(NCCNS(=O)(=O)c1ccc2ccccc2c1)C1CC(=O)N(Cc2ccccc2)C1. The smallest absolute Gasteiger partial charge is 0.240 e. The van der Waals surface area contributed by atoms with Crippen molar-refractivity contribution in [2.75, 3.05) is 19.6 Å². The van der Waals surface area contributed by atoms with Gasteiger partial charge in [0.25, 0.3) is 0 Å². The second-order valence-corrected chi connectivity index (χ2v) is 9.63. The first-order valence-corrected chi connectivity index (χ1v) is 12.0. The van der Waals surface area contributed by atoms with Crippen LogP contribution in [0.3, 0.4) is 0 Å². The molecular weight excluding hydrogens is 426 g/mol. The molecule has 1 aliphatic heterocycles. The topological polar surface area (TPSA) is 95.6 Å². The summed E-state index contributed by atoms with van der Waals surface area (Å²) in [5.41, 5.74) is 1.02. The summed E-state index contributed by atoms with van der Waals surface area (Å²) in [5.74, 6) is -0.715. The van der Waals surface area contributed by atoms with Crippen LogP contribution in [0.2, 0.25) is 0 Å². The number of nitrogens with zero attached hydrogens (tertiary/aromatic N) is 1. The van der Waals surface area contributed by atoms with E-state index in [-0.39, 0.29) is 36.2 Å². The van der Waals surface area contributed by atoms with E-state index < -0.39 is 15.9 Å². The van der Waals surface area contributed by atoms with E-state index in [1.165, 1.54) is 0 Å². The second kappa shape index (κ2) is 9.50. The van der Waals surface area contributed by atoms with Crippen LogP contribution < -0.4 is 10.0 Å². The predicted molar refractivity (Wildman–Crippen MR) is 122 cm³/mol. The monoisotopic (exact) mass is 451 g/mol. The quantitative estimate of drug-likeness (QED) is 0.514. The predicted octanol–water partition coefficient (Wildman–Crippen LogP) is 2.28. The molecule has 0 bridgehead atoms. The molecule has 3 aromatic carbocycles. The van der Waals surface area contributed by atoms with Crippen molar-refractivity contribution in [3.63, 3.8) is 0 Å². The Hall–Kier alpha value is -3.23. The van der Waals surface area contributed by atoms with Crippen molar-refractivity contribution in [3.05, 3.63) is 78.4 Å². The van der Waals surface area contributed by atoms with E-state index in [2.05, 4.69) is 10.0 Å². The molecule has 0 spiro atoms. The van der Waals surface area contributed by atoms with Crippen LogP contribution >= 0.6 is 0 Å². The molecule has 2 amide bonds. The van der Waals surface area contributed by atoms with E-state index in [1.807, 2.05) is 54.6 Å². The van der Waals surface area contributed by atoms with Crippen molar-refractivity contribution in [2.45, 2.75) is 17.9 Å². The van der Waals surface area contributed by atoms with Crippen LogP contribution in [-0.2, 0) is 26.2 Å². The third kappa shape index (κ3) is 5.15. The summed E-state index contributed by atoms with van der Waals surface area (Å²) >= 11 is 0. The molecule has 1 aliphatic rings. The minimum absolute atomic E-state index is 0.0500. The van der Waals surface area contributed by atoms with Crippen LogP contribution in [0.1, 0.15) is 12.0 Å². The minimum Gasteiger partial charge on any atom is -0.354 e. The third-order valence-corrected chi connectivity index (χ3v) is 7.01. The number of rotatable bonds is 8. The molecule has 0 radical (unpaired) electrons. The molecule has 1 heterocycles. The number of amides is 2. The number of hydrogen-bond acceptors (Lipinski definition) is 4. The molecule has 2 N–H and O–H groups in total. The van der Waals surface area contributed by atoms with Crippen LogP contribution in [-0.4, -0.2) is 44.8 Å². The fourth-order valence-corrected chi connectivity index (χ4v) is 4.90. The van der Waals surface area contributed by atoms with Crippen LogP contribution in [0.15, 0.2) is 77.7 Å². The van der Waals surface area contributed by atoms with Crippen molar-refractivity contribution < 1.29 is 18.0 Å². The molecule has 0 saturated carbocycles. The Morgan fingerprint density at radius 3 is 2.44 bits per heavy atom. The number of likely N-dealkylation sites (tertiary alicyclic amines) is 1. The lowest BCUT2D eigenvalue weighted by Crippen LogP contribution is -2.38. The van der Waals surface area contributed by atoms with Gasteiger partial charge in [0.15, 0.2) is 0 Å². The van der Waals surface area contributed by atoms with E-state index in [9.17, 15) is 18.0 Å². The standard InChI is InChI=1S/C24H25N3O4S/c28-23-15-21(17-27(23)16-18-6-2-1-3-7-18)24(29)25-12-13-26-32(30,31)22-11-10-19-8-4-5-9-20(19)14-22/h1-11,14,21,26H,12-13,15-17H2,(H,25,29). The first-order valence-electron chi connectivity index (χ1n) is 10.5. The fraction of sp³-hybridized carbons (Fsp3) is 0.250. The molecule has 1 saturated heterocycles. The molecule has 32 heavy (non-hydrogen) atoms. The van der Waals surface area contributed by atoms with E-state index in [4.69, 9.17) is 0 Å². The number of hydrogen-bond donors (Lipinski definition) is 2. The molecule has 3 aromatic rings. The van der Waals surface area contributed by atoms with Crippen LogP contribution in [0, 0.1) is 5.92 Å². The lowest BCUT2D eigenvalue weighted by Gasteiger charge is -2.16. The van der Waals surface area contributed by atoms with Gasteiger partial charge < -0.3 is 10.2 Å². The molecule has 4 rings (SSSR count). The van der Waals surface area contributed by atoms with E-state index >= 15 is 0 Å². The zero-order chi connectivity index (χ0) is 22.6. The van der Waals surface area contributed by atoms with E-state index in [0.29, 0.717) is 13.1 Å². The number of benzene rings is 3. The Balaban J connectivity index is 1.26. The normalized spacial score (nSPS) is 16.4. The highest BCUT2D eigenvalue weighted by Gasteiger charge is 2.34. The number of carbonyl (C=O) groups excluding carboxylic acids is 2. The highest BCUT2D eigenvalue weighted by molar-refractivity contribution is 7.89. The van der Waals surface area contributed by atoms with Crippen molar-refractivity contribution in [3.8, 4) is 0 Å². The minimum atomic E-state index is -3.68. The summed E-state index contributed by atoms with van der Waals surface area (Å²) in [5, 5.41) is 4.54. The first kappa shape index (κ1) is 22.0. The zero-order valence-corrected chi connectivity index (χ0v) is 18.3. The highest BCUT2D eigenvalue weighted by Crippen LogP contribution is 2.21. The number of carbonyl (C=O) groups is 2. The Bertz CT molecular complexity index is 1230. The van der Waals surface area contributed by atoms with Crippen molar-refractivity contribution >= 4 is 32.6 Å². The Kier molecular flexibility index (Phi) is 6.53. The largest absolute Gasteiger partial charge is 0.354 e. The van der Waals surface area contributed by atoms with Gasteiger partial charge in [-0.25, -0.2) is 13.1 Å². The van der Waals surface area contributed by atoms with Crippen molar-refractivity contribution in [1.29, 1.82) is 0 Å². The average molecular weight is 452 g/mol. The lowest BCUT2D eigenvalue weighted by atomic mass is 10.1. The maximum absolute atomic E-state index is 12.6. The summed E-state index contributed by atoms with van der Waals surface area (Å²) in [6, 6.07) is 22.1. The third-order valence-electron chi connectivity index (χ3n) is 5.55. The maximum Gasteiger partial charge on any atom is 0.240 e. The second-order valence-electron chi connectivity index (χ2n) is 7.86. The number of sulfonamides is 1. The van der Waals surface area contributed by atoms with Gasteiger partial charge in [-0.05, 0) is 28.5 Å². The Morgan fingerprint density at radius 2 is 1.66 bits per heavy atom. The molecule has 1 fully saturated rings. The van der Waals surface area contributed by atoms with Gasteiger partial charge in [0, 0.05) is 32.6 Å². The Labute approximate surface area is 187 Å². The zero-order valence-electron chi connectivity index (χ0n) is 17.5. The van der Waals surface area contributed by atoms with Crippen molar-refractivity contribution in [2.24, 2.45) is 5.92 Å². The molecular formula is C24H25N3O4S. The summed E-state index contributed by atoms with van der Waals surface area (Å²) in [4.78, 5) is 26.6. The van der Waals surface area contributed by atoms with Gasteiger partial charge in [-0.1, -0.05) is 60.7 Å². The van der Waals surface area contributed by atoms with Crippen LogP contribution in [0.5, 0.6) is 0 Å². The summed E-state index contributed by atoms with van der Waals surface area (Å²) in [7, 11) is -3.68. The molecule has 1 unspecified atom stereocenters. The lowest BCUT2D eigenvalue weighted by molar-refractivity contribution is -0.129. The molecule has 0 aromatic heterocycles. The van der Waals surface area contributed by atoms with Crippen molar-refractivity contribution in [1.82, 2.24) is 14.9 Å². The number of nitrogens with one attached hydrogen (secondary N) is 2. The van der Waals surface area contributed by atoms with Gasteiger partial charge in [0.2, 0.25) is 21.8 Å². The maximum atomic E-state index is 12.6.